The van der Waals surface area contributed by atoms with E-state index in [4.69, 9.17) is 0 Å². The largest absolute Gasteiger partial charge is 0.332 e. The summed E-state index contributed by atoms with van der Waals surface area (Å²) in [4.78, 5) is 22.5. The van der Waals surface area contributed by atoms with Gasteiger partial charge in [0.2, 0.25) is 0 Å². The van der Waals surface area contributed by atoms with Crippen molar-refractivity contribution in [1.29, 1.82) is 0 Å². The van der Waals surface area contributed by atoms with Crippen LogP contribution in [0.15, 0.2) is 47.5 Å². The number of hydrogen-bond acceptors (Lipinski definition) is 3. The number of carbonyl (C=O) groups excluding carboxylic acids is 1. The van der Waals surface area contributed by atoms with Crippen molar-refractivity contribution in [2.45, 2.75) is 26.4 Å². The Morgan fingerprint density at radius 3 is 2.70 bits per heavy atom. The van der Waals surface area contributed by atoms with Crippen molar-refractivity contribution >= 4 is 21.8 Å². The van der Waals surface area contributed by atoms with Crippen molar-refractivity contribution < 1.29 is 4.79 Å². The lowest BCUT2D eigenvalue weighted by atomic mass is 10.2. The molecule has 0 N–H and O–H groups in total. The standard InChI is InChI=1S/C15H16BrN3O/c1-11(2)19(10-12-4-3-5-17-7-12)15(20)13-6-14(16)9-18-8-13/h3-9,11H,10H2,1-2H3. The molecule has 0 spiro atoms. The minimum Gasteiger partial charge on any atom is -0.332 e. The second-order valence-electron chi connectivity index (χ2n) is 4.78. The summed E-state index contributed by atoms with van der Waals surface area (Å²) in [5, 5.41) is 0. The summed E-state index contributed by atoms with van der Waals surface area (Å²) in [6.07, 6.45) is 6.76. The molecule has 0 aliphatic heterocycles. The minimum atomic E-state index is -0.0300. The van der Waals surface area contributed by atoms with Crippen molar-refractivity contribution in [1.82, 2.24) is 14.9 Å². The highest BCUT2D eigenvalue weighted by Gasteiger charge is 2.19. The van der Waals surface area contributed by atoms with Crippen LogP contribution >= 0.6 is 15.9 Å². The summed E-state index contributed by atoms with van der Waals surface area (Å²) in [5.41, 5.74) is 1.59. The summed E-state index contributed by atoms with van der Waals surface area (Å²) >= 11 is 3.34. The predicted octanol–water partition coefficient (Wildman–Crippen LogP) is 3.29. The molecule has 1 amide bonds. The molecule has 0 aliphatic carbocycles. The van der Waals surface area contributed by atoms with Gasteiger partial charge in [0.25, 0.3) is 5.91 Å². The lowest BCUT2D eigenvalue weighted by Gasteiger charge is -2.26. The highest BCUT2D eigenvalue weighted by atomic mass is 79.9. The Morgan fingerprint density at radius 2 is 2.10 bits per heavy atom. The van der Waals surface area contributed by atoms with E-state index < -0.39 is 0 Å². The van der Waals surface area contributed by atoms with Gasteiger partial charge >= 0.3 is 0 Å². The third-order valence-electron chi connectivity index (χ3n) is 2.91. The fraction of sp³-hybridized carbons (Fsp3) is 0.267. The summed E-state index contributed by atoms with van der Waals surface area (Å²) < 4.78 is 0.799. The van der Waals surface area contributed by atoms with Gasteiger partial charge in [0.1, 0.15) is 0 Å². The zero-order chi connectivity index (χ0) is 14.5. The van der Waals surface area contributed by atoms with E-state index in [0.717, 1.165) is 10.0 Å². The van der Waals surface area contributed by atoms with Gasteiger partial charge in [-0.15, -0.1) is 0 Å². The molecule has 0 bridgehead atoms. The Kier molecular flexibility index (Phi) is 4.84. The number of hydrogen-bond donors (Lipinski definition) is 0. The minimum absolute atomic E-state index is 0.0300. The summed E-state index contributed by atoms with van der Waals surface area (Å²) in [7, 11) is 0. The third-order valence-corrected chi connectivity index (χ3v) is 3.35. The fourth-order valence-corrected chi connectivity index (χ4v) is 2.24. The Morgan fingerprint density at radius 1 is 1.30 bits per heavy atom. The topological polar surface area (TPSA) is 46.1 Å². The molecule has 0 aromatic carbocycles. The van der Waals surface area contributed by atoms with Crippen LogP contribution in [-0.2, 0) is 6.54 Å². The van der Waals surface area contributed by atoms with Gasteiger partial charge in [0.05, 0.1) is 5.56 Å². The number of aromatic nitrogens is 2. The van der Waals surface area contributed by atoms with Gasteiger partial charge in [-0.05, 0) is 47.5 Å². The molecule has 0 fully saturated rings. The molecular weight excluding hydrogens is 318 g/mol. The zero-order valence-electron chi connectivity index (χ0n) is 11.5. The first-order valence-corrected chi connectivity index (χ1v) is 7.17. The van der Waals surface area contributed by atoms with Crippen LogP contribution in [0.2, 0.25) is 0 Å². The van der Waals surface area contributed by atoms with Crippen LogP contribution in [0.25, 0.3) is 0 Å². The molecule has 0 radical (unpaired) electrons. The van der Waals surface area contributed by atoms with Crippen LogP contribution in [0.4, 0.5) is 0 Å². The molecule has 0 atom stereocenters. The maximum atomic E-state index is 12.6. The average molecular weight is 334 g/mol. The van der Waals surface area contributed by atoms with Gasteiger partial charge in [-0.25, -0.2) is 0 Å². The van der Waals surface area contributed by atoms with Gasteiger partial charge in [0, 0.05) is 41.8 Å². The monoisotopic (exact) mass is 333 g/mol. The van der Waals surface area contributed by atoms with Gasteiger partial charge in [-0.3, -0.25) is 14.8 Å². The van der Waals surface area contributed by atoms with Gasteiger partial charge in [0.15, 0.2) is 0 Å². The van der Waals surface area contributed by atoms with Crippen LogP contribution in [0.3, 0.4) is 0 Å². The molecule has 0 unspecified atom stereocenters. The first-order valence-electron chi connectivity index (χ1n) is 6.38. The van der Waals surface area contributed by atoms with E-state index >= 15 is 0 Å². The first-order chi connectivity index (χ1) is 9.58. The third kappa shape index (κ3) is 3.63. The fourth-order valence-electron chi connectivity index (χ4n) is 1.87. The molecule has 2 heterocycles. The first kappa shape index (κ1) is 14.7. The predicted molar refractivity (Wildman–Crippen MR) is 81.2 cm³/mol. The Balaban J connectivity index is 2.23. The summed E-state index contributed by atoms with van der Waals surface area (Å²) in [6, 6.07) is 5.73. The highest BCUT2D eigenvalue weighted by molar-refractivity contribution is 9.10. The number of pyridine rings is 2. The number of halogens is 1. The van der Waals surface area contributed by atoms with E-state index in [9.17, 15) is 4.79 Å². The van der Waals surface area contributed by atoms with Gasteiger partial charge in [-0.2, -0.15) is 0 Å². The smallest absolute Gasteiger partial charge is 0.255 e. The van der Waals surface area contributed by atoms with E-state index in [1.165, 1.54) is 0 Å². The second kappa shape index (κ2) is 6.61. The van der Waals surface area contributed by atoms with Crippen molar-refractivity contribution in [2.24, 2.45) is 0 Å². The maximum absolute atomic E-state index is 12.6. The van der Waals surface area contributed by atoms with Crippen LogP contribution in [0.1, 0.15) is 29.8 Å². The molecule has 5 heteroatoms. The van der Waals surface area contributed by atoms with E-state index in [-0.39, 0.29) is 11.9 Å². The van der Waals surface area contributed by atoms with Gasteiger partial charge in [-0.1, -0.05) is 6.07 Å². The van der Waals surface area contributed by atoms with Crippen LogP contribution < -0.4 is 0 Å². The number of carbonyl (C=O) groups is 1. The molecule has 2 aromatic rings. The highest BCUT2D eigenvalue weighted by Crippen LogP contribution is 2.15. The van der Waals surface area contributed by atoms with E-state index in [1.807, 2.05) is 26.0 Å². The normalized spacial score (nSPS) is 10.6. The SMILES string of the molecule is CC(C)N(Cc1cccnc1)C(=O)c1cncc(Br)c1. The molecule has 0 saturated carbocycles. The molecule has 20 heavy (non-hydrogen) atoms. The van der Waals surface area contributed by atoms with E-state index in [1.54, 1.807) is 35.8 Å². The van der Waals surface area contributed by atoms with Crippen molar-refractivity contribution in [3.05, 3.63) is 58.6 Å². The Bertz CT molecular complexity index is 587. The second-order valence-corrected chi connectivity index (χ2v) is 5.70. The van der Waals surface area contributed by atoms with Crippen LogP contribution in [-0.4, -0.2) is 26.8 Å². The van der Waals surface area contributed by atoms with Crippen molar-refractivity contribution in [2.75, 3.05) is 0 Å². The zero-order valence-corrected chi connectivity index (χ0v) is 13.0. The molecule has 2 rings (SSSR count). The molecule has 4 nitrogen and oxygen atoms in total. The molecular formula is C15H16BrN3O. The quantitative estimate of drug-likeness (QED) is 0.862. The molecule has 2 aromatic heterocycles. The number of nitrogens with zero attached hydrogens (tertiary/aromatic N) is 3. The summed E-state index contributed by atoms with van der Waals surface area (Å²) in [5.74, 6) is -0.0300. The number of amides is 1. The van der Waals surface area contributed by atoms with Crippen molar-refractivity contribution in [3.63, 3.8) is 0 Å². The lowest BCUT2D eigenvalue weighted by molar-refractivity contribution is 0.0689. The molecule has 0 saturated heterocycles. The average Bonchev–Trinajstić information content (AvgIpc) is 2.45. The molecule has 0 aliphatic rings. The Hall–Kier alpha value is -1.75. The van der Waals surface area contributed by atoms with E-state index in [0.29, 0.717) is 12.1 Å². The van der Waals surface area contributed by atoms with Crippen LogP contribution in [0, 0.1) is 0 Å². The summed E-state index contributed by atoms with van der Waals surface area (Å²) in [6.45, 7) is 4.54. The van der Waals surface area contributed by atoms with Gasteiger partial charge < -0.3 is 4.90 Å². The number of rotatable bonds is 4. The van der Waals surface area contributed by atoms with E-state index in [2.05, 4.69) is 25.9 Å². The molecule has 104 valence electrons. The maximum Gasteiger partial charge on any atom is 0.255 e. The Labute approximate surface area is 127 Å². The lowest BCUT2D eigenvalue weighted by Crippen LogP contribution is -2.36. The van der Waals surface area contributed by atoms with Crippen LogP contribution in [0.5, 0.6) is 0 Å². The van der Waals surface area contributed by atoms with Crippen molar-refractivity contribution in [3.8, 4) is 0 Å².